The summed E-state index contributed by atoms with van der Waals surface area (Å²) in [6.07, 6.45) is 0.128. The van der Waals surface area contributed by atoms with Gasteiger partial charge in [-0.25, -0.2) is 9.48 Å². The number of carbonyl (C=O) groups excluding carboxylic acids is 1. The number of carbonyl (C=O) groups is 2. The molecule has 0 amide bonds. The van der Waals surface area contributed by atoms with Crippen molar-refractivity contribution in [3.05, 3.63) is 70.8 Å². The van der Waals surface area contributed by atoms with Gasteiger partial charge < -0.3 is 19.9 Å². The van der Waals surface area contributed by atoms with Gasteiger partial charge in [0, 0.05) is 38.6 Å². The molecule has 1 fully saturated rings. The van der Waals surface area contributed by atoms with Crippen LogP contribution in [0.2, 0.25) is 0 Å². The van der Waals surface area contributed by atoms with E-state index >= 15 is 0 Å². The van der Waals surface area contributed by atoms with Gasteiger partial charge >= 0.3 is 11.9 Å². The topological polar surface area (TPSA) is 119 Å². The highest BCUT2D eigenvalue weighted by molar-refractivity contribution is 5.94. The molecule has 1 aromatic heterocycles. The molecule has 0 aliphatic carbocycles. The van der Waals surface area contributed by atoms with Crippen LogP contribution in [0.4, 0.5) is 0 Å². The molecule has 1 saturated heterocycles. The maximum Gasteiger partial charge on any atom is 0.335 e. The summed E-state index contributed by atoms with van der Waals surface area (Å²) in [7, 11) is 0. The highest BCUT2D eigenvalue weighted by atomic mass is 16.6. The van der Waals surface area contributed by atoms with Crippen LogP contribution in [0.3, 0.4) is 0 Å². The van der Waals surface area contributed by atoms with E-state index in [1.165, 1.54) is 0 Å². The van der Waals surface area contributed by atoms with Crippen molar-refractivity contribution in [1.29, 1.82) is 0 Å². The first kappa shape index (κ1) is 30.6. The van der Waals surface area contributed by atoms with Crippen molar-refractivity contribution >= 4 is 33.7 Å². The Morgan fingerprint density at radius 1 is 1.00 bits per heavy atom. The molecule has 5 rings (SSSR count). The van der Waals surface area contributed by atoms with Gasteiger partial charge in [0.25, 0.3) is 0 Å². The smallest absolute Gasteiger partial charge is 0.335 e. The Morgan fingerprint density at radius 3 is 2.49 bits per heavy atom. The highest BCUT2D eigenvalue weighted by Crippen LogP contribution is 2.35. The number of benzene rings is 3. The number of aromatic carboxylic acids is 1. The van der Waals surface area contributed by atoms with Crippen molar-refractivity contribution in [2.24, 2.45) is 0 Å². The van der Waals surface area contributed by atoms with Crippen LogP contribution in [0.5, 0.6) is 0 Å². The first-order valence-corrected chi connectivity index (χ1v) is 14.9. The average Bonchev–Trinajstić information content (AvgIpc) is 3.39. The number of nitrogens with one attached hydrogen (secondary N) is 1. The zero-order valence-corrected chi connectivity index (χ0v) is 25.4. The minimum absolute atomic E-state index is 0.128. The second-order valence-corrected chi connectivity index (χ2v) is 12.1. The maximum absolute atomic E-state index is 13.1. The van der Waals surface area contributed by atoms with Crippen LogP contribution >= 0.6 is 0 Å². The van der Waals surface area contributed by atoms with Gasteiger partial charge in [-0.1, -0.05) is 35.5 Å². The summed E-state index contributed by atoms with van der Waals surface area (Å²) in [5.41, 5.74) is 4.08. The number of aryl methyl sites for hydroxylation is 1. The molecule has 1 aliphatic rings. The second-order valence-electron chi connectivity index (χ2n) is 12.1. The van der Waals surface area contributed by atoms with Gasteiger partial charge in [-0.2, -0.15) is 0 Å². The van der Waals surface area contributed by atoms with Crippen molar-refractivity contribution in [2.75, 3.05) is 45.9 Å². The molecule has 1 atom stereocenters. The Balaban J connectivity index is 1.39. The van der Waals surface area contributed by atoms with E-state index < -0.39 is 11.6 Å². The van der Waals surface area contributed by atoms with E-state index in [2.05, 4.69) is 20.5 Å². The third-order valence-electron chi connectivity index (χ3n) is 7.87. The van der Waals surface area contributed by atoms with Crippen molar-refractivity contribution in [2.45, 2.75) is 52.2 Å². The first-order chi connectivity index (χ1) is 20.6. The van der Waals surface area contributed by atoms with E-state index in [4.69, 9.17) is 9.47 Å². The van der Waals surface area contributed by atoms with Crippen LogP contribution in [0.1, 0.15) is 60.2 Å². The first-order valence-electron chi connectivity index (χ1n) is 14.9. The fourth-order valence-electron chi connectivity index (χ4n) is 5.68. The summed E-state index contributed by atoms with van der Waals surface area (Å²) in [6.45, 7) is 14.5. The lowest BCUT2D eigenvalue weighted by Crippen LogP contribution is -2.44. The molecule has 2 N–H and O–H groups in total. The zero-order chi connectivity index (χ0) is 30.6. The fraction of sp³-hybridized carbons (Fsp3) is 0.455. The summed E-state index contributed by atoms with van der Waals surface area (Å²) >= 11 is 0. The Labute approximate surface area is 251 Å². The molecule has 1 unspecified atom stereocenters. The molecule has 4 aromatic rings. The third kappa shape index (κ3) is 7.57. The van der Waals surface area contributed by atoms with Gasteiger partial charge in [0.1, 0.15) is 11.1 Å². The van der Waals surface area contributed by atoms with Gasteiger partial charge in [-0.05, 0) is 73.4 Å². The largest absolute Gasteiger partial charge is 0.478 e. The number of aromatic nitrogens is 3. The number of carboxylic acids is 1. The molecule has 0 bridgehead atoms. The van der Waals surface area contributed by atoms with E-state index in [-0.39, 0.29) is 23.9 Å². The van der Waals surface area contributed by atoms with Crippen LogP contribution in [-0.4, -0.2) is 88.5 Å². The van der Waals surface area contributed by atoms with E-state index in [1.54, 1.807) is 18.2 Å². The standard InChI is InChI=1S/C33H41N5O5/c1-22-27(9-10-29-31(22)35-36-38(29)16-18-42-17-15-37-13-11-34-12-14-37)28(21-30(39)43-33(2,3)4)24-7-5-23-6-8-25(32(40)41)20-26(23)19-24/h5-10,19-20,28,34H,11-18,21H2,1-4H3,(H,40,41). The lowest BCUT2D eigenvalue weighted by Gasteiger charge is -2.26. The van der Waals surface area contributed by atoms with Crippen LogP contribution in [0, 0.1) is 6.92 Å². The molecule has 2 heterocycles. The molecule has 3 aromatic carbocycles. The minimum Gasteiger partial charge on any atom is -0.478 e. The third-order valence-corrected chi connectivity index (χ3v) is 7.87. The lowest BCUT2D eigenvalue weighted by atomic mass is 9.84. The number of hydrogen-bond donors (Lipinski definition) is 2. The van der Waals surface area contributed by atoms with Crippen molar-refractivity contribution in [1.82, 2.24) is 25.2 Å². The Bertz CT molecular complexity index is 1600. The predicted molar refractivity (Wildman–Crippen MR) is 166 cm³/mol. The highest BCUT2D eigenvalue weighted by Gasteiger charge is 2.26. The monoisotopic (exact) mass is 587 g/mol. The number of hydrogen-bond acceptors (Lipinski definition) is 8. The van der Waals surface area contributed by atoms with Gasteiger partial charge in [-0.15, -0.1) is 5.10 Å². The normalized spacial score (nSPS) is 15.2. The van der Waals surface area contributed by atoms with E-state index in [0.29, 0.717) is 19.8 Å². The number of fused-ring (bicyclic) bond motifs is 2. The van der Waals surface area contributed by atoms with Crippen molar-refractivity contribution in [3.63, 3.8) is 0 Å². The number of ether oxygens (including phenoxy) is 2. The summed E-state index contributed by atoms with van der Waals surface area (Å²) < 4.78 is 13.5. The maximum atomic E-state index is 13.1. The summed E-state index contributed by atoms with van der Waals surface area (Å²) in [4.78, 5) is 27.1. The van der Waals surface area contributed by atoms with Crippen molar-refractivity contribution in [3.8, 4) is 0 Å². The fourth-order valence-corrected chi connectivity index (χ4v) is 5.68. The molecule has 43 heavy (non-hydrogen) atoms. The molecule has 0 radical (unpaired) electrons. The molecule has 228 valence electrons. The lowest BCUT2D eigenvalue weighted by molar-refractivity contribution is -0.155. The molecule has 0 saturated carbocycles. The van der Waals surface area contributed by atoms with Crippen LogP contribution in [0.25, 0.3) is 21.8 Å². The quantitative estimate of drug-likeness (QED) is 0.195. The predicted octanol–water partition coefficient (Wildman–Crippen LogP) is 4.38. The SMILES string of the molecule is Cc1c(C(CC(=O)OC(C)(C)C)c2ccc3ccc(C(=O)O)cc3c2)ccc2c1nnn2CCOCCN1CCNCC1. The Morgan fingerprint density at radius 2 is 1.74 bits per heavy atom. The number of rotatable bonds is 11. The number of esters is 1. The van der Waals surface area contributed by atoms with Crippen LogP contribution in [-0.2, 0) is 20.8 Å². The molecule has 1 aliphatic heterocycles. The van der Waals surface area contributed by atoms with Gasteiger partial charge in [0.15, 0.2) is 0 Å². The number of piperazine rings is 1. The molecule has 10 heteroatoms. The van der Waals surface area contributed by atoms with Crippen molar-refractivity contribution < 1.29 is 24.2 Å². The Hall–Kier alpha value is -3.86. The van der Waals surface area contributed by atoms with Crippen LogP contribution < -0.4 is 5.32 Å². The van der Waals surface area contributed by atoms with Gasteiger partial charge in [-0.3, -0.25) is 9.69 Å². The van der Waals surface area contributed by atoms with E-state index in [9.17, 15) is 14.7 Å². The summed E-state index contributed by atoms with van der Waals surface area (Å²) in [5.74, 6) is -1.61. The summed E-state index contributed by atoms with van der Waals surface area (Å²) in [6, 6.07) is 15.0. The Kier molecular flexibility index (Phi) is 9.39. The molecule has 0 spiro atoms. The second kappa shape index (κ2) is 13.2. The molecular formula is C33H41N5O5. The average molecular weight is 588 g/mol. The molecular weight excluding hydrogens is 546 g/mol. The summed E-state index contributed by atoms with van der Waals surface area (Å²) in [5, 5.41) is 23.5. The zero-order valence-electron chi connectivity index (χ0n) is 25.4. The minimum atomic E-state index is -0.980. The number of nitrogens with zero attached hydrogens (tertiary/aromatic N) is 4. The van der Waals surface area contributed by atoms with E-state index in [0.717, 1.165) is 71.2 Å². The van der Waals surface area contributed by atoms with Gasteiger partial charge in [0.2, 0.25) is 0 Å². The van der Waals surface area contributed by atoms with E-state index in [1.807, 2.05) is 62.7 Å². The van der Waals surface area contributed by atoms with Gasteiger partial charge in [0.05, 0.1) is 37.3 Å². The number of carboxylic acid groups (broad SMARTS) is 1. The molecule has 10 nitrogen and oxygen atoms in total. The van der Waals surface area contributed by atoms with Crippen LogP contribution in [0.15, 0.2) is 48.5 Å².